The molecule has 0 saturated carbocycles. The lowest BCUT2D eigenvalue weighted by Gasteiger charge is -2.27. The number of nitrogens with zero attached hydrogens (tertiary/aromatic N) is 1. The van der Waals surface area contributed by atoms with Gasteiger partial charge in [-0.25, -0.2) is 4.79 Å². The molecule has 1 aliphatic rings. The zero-order valence-corrected chi connectivity index (χ0v) is 18.7. The lowest BCUT2D eigenvalue weighted by molar-refractivity contribution is -0.144. The summed E-state index contributed by atoms with van der Waals surface area (Å²) < 4.78 is 20.8. The summed E-state index contributed by atoms with van der Waals surface area (Å²) in [5.41, 5.74) is -0.464. The molecule has 1 aromatic carbocycles. The van der Waals surface area contributed by atoms with Crippen molar-refractivity contribution >= 4 is 12.1 Å². The van der Waals surface area contributed by atoms with Gasteiger partial charge in [0.25, 0.3) is 5.91 Å². The number of benzene rings is 1. The maximum absolute atomic E-state index is 13.0. The van der Waals surface area contributed by atoms with E-state index in [2.05, 4.69) is 5.32 Å². The molecule has 10 nitrogen and oxygen atoms in total. The fourth-order valence-corrected chi connectivity index (χ4v) is 3.02. The molecule has 0 aliphatic carbocycles. The Balaban J connectivity index is 2.11. The van der Waals surface area contributed by atoms with Crippen molar-refractivity contribution in [2.45, 2.75) is 51.4 Å². The second-order valence-electron chi connectivity index (χ2n) is 8.15. The van der Waals surface area contributed by atoms with Crippen LogP contribution in [0, 0.1) is 0 Å². The van der Waals surface area contributed by atoms with E-state index in [-0.39, 0.29) is 18.9 Å². The Bertz CT molecular complexity index is 749. The van der Waals surface area contributed by atoms with Crippen LogP contribution in [0.1, 0.15) is 44.0 Å². The molecule has 2 N–H and O–H groups in total. The number of hydrogen-bond donors (Lipinski definition) is 2. The highest BCUT2D eigenvalue weighted by Gasteiger charge is 2.31. The number of nitrogens with one attached hydrogen (secondary N) is 1. The van der Waals surface area contributed by atoms with Crippen molar-refractivity contribution in [1.29, 1.82) is 0 Å². The topological polar surface area (TPSA) is 116 Å². The highest BCUT2D eigenvalue weighted by molar-refractivity contribution is 5.97. The zero-order valence-electron chi connectivity index (χ0n) is 18.7. The van der Waals surface area contributed by atoms with Gasteiger partial charge in [0.15, 0.2) is 6.79 Å². The van der Waals surface area contributed by atoms with Crippen molar-refractivity contribution < 1.29 is 38.5 Å². The van der Waals surface area contributed by atoms with Crippen molar-refractivity contribution in [3.8, 4) is 11.5 Å². The minimum absolute atomic E-state index is 0.0316. The van der Waals surface area contributed by atoms with Crippen molar-refractivity contribution in [3.63, 3.8) is 0 Å². The van der Waals surface area contributed by atoms with Crippen LogP contribution in [0.5, 0.6) is 11.5 Å². The zero-order chi connectivity index (χ0) is 23.0. The third-order valence-corrected chi connectivity index (χ3v) is 4.45. The highest BCUT2D eigenvalue weighted by atomic mass is 16.8. The second kappa shape index (κ2) is 11.2. The maximum atomic E-state index is 13.0. The Hall–Kier alpha value is -2.56. The van der Waals surface area contributed by atoms with E-state index in [4.69, 9.17) is 23.8 Å². The van der Waals surface area contributed by atoms with Gasteiger partial charge < -0.3 is 34.2 Å². The lowest BCUT2D eigenvalue weighted by atomic mass is 10.1. The molecular weight excluding hydrogens is 408 g/mol. The summed E-state index contributed by atoms with van der Waals surface area (Å²) in [5, 5.41) is 14.7. The predicted molar refractivity (Wildman–Crippen MR) is 111 cm³/mol. The van der Waals surface area contributed by atoms with E-state index in [0.717, 1.165) is 0 Å². The number of hydrogen-bond acceptors (Lipinski definition) is 9. The largest absolute Gasteiger partial charge is 0.528 e. The highest BCUT2D eigenvalue weighted by Crippen LogP contribution is 2.25. The number of carbonyl (C=O) groups is 2. The number of aliphatic hydroxyl groups is 1. The number of aliphatic hydroxyl groups excluding tert-OH is 1. The van der Waals surface area contributed by atoms with Gasteiger partial charge in [-0.15, -0.1) is 5.06 Å². The summed E-state index contributed by atoms with van der Waals surface area (Å²) in [7, 11) is 2.97. The summed E-state index contributed by atoms with van der Waals surface area (Å²) in [6, 6.07) is 4.13. The molecule has 31 heavy (non-hydrogen) atoms. The molecule has 2 rings (SSSR count). The summed E-state index contributed by atoms with van der Waals surface area (Å²) in [5.74, 6) is 0.324. The Kier molecular flexibility index (Phi) is 8.90. The summed E-state index contributed by atoms with van der Waals surface area (Å²) >= 11 is 0. The maximum Gasteiger partial charge on any atom is 0.528 e. The Morgan fingerprint density at radius 1 is 1.26 bits per heavy atom. The van der Waals surface area contributed by atoms with Crippen LogP contribution in [0.25, 0.3) is 0 Å². The molecule has 1 heterocycles. The third-order valence-electron chi connectivity index (χ3n) is 4.45. The van der Waals surface area contributed by atoms with E-state index >= 15 is 0 Å². The van der Waals surface area contributed by atoms with Gasteiger partial charge in [0.05, 0.1) is 31.4 Å². The van der Waals surface area contributed by atoms with Crippen LogP contribution in [0.3, 0.4) is 0 Å². The van der Waals surface area contributed by atoms with Gasteiger partial charge in [0, 0.05) is 13.7 Å². The molecule has 0 spiro atoms. The van der Waals surface area contributed by atoms with Crippen molar-refractivity contribution in [1.82, 2.24) is 10.4 Å². The number of hydroxylamine groups is 2. The predicted octanol–water partition coefficient (Wildman–Crippen LogP) is 2.10. The molecule has 1 aromatic rings. The summed E-state index contributed by atoms with van der Waals surface area (Å²) in [6.07, 6.45) is -0.635. The number of ether oxygens (including phenoxy) is 4. The van der Waals surface area contributed by atoms with E-state index < -0.39 is 29.8 Å². The standard InChI is InChI=1S/C21H32N2O8/c1-21(2,3)30-20(26)31-23-10-6-7-17(24)16(12-23)22-19(25)15-11-14(28-5)8-9-18(15)29-13-27-4/h8-9,11,16-17,24H,6-7,10,12-13H2,1-5H3,(H,22,25)/t16-,17-/m1/s1. The Morgan fingerprint density at radius 2 is 2.00 bits per heavy atom. The van der Waals surface area contributed by atoms with Gasteiger partial charge in [-0.2, -0.15) is 0 Å². The first kappa shape index (κ1) is 24.7. The third kappa shape index (κ3) is 7.89. The van der Waals surface area contributed by atoms with Crippen LogP contribution in [-0.4, -0.2) is 74.1 Å². The van der Waals surface area contributed by atoms with Gasteiger partial charge in [0.2, 0.25) is 0 Å². The number of carbonyl (C=O) groups excluding carboxylic acids is 2. The van der Waals surface area contributed by atoms with Crippen LogP contribution in [-0.2, 0) is 14.3 Å². The van der Waals surface area contributed by atoms with Crippen LogP contribution in [0.2, 0.25) is 0 Å². The van der Waals surface area contributed by atoms with Crippen LogP contribution < -0.4 is 14.8 Å². The molecule has 0 unspecified atom stereocenters. The molecule has 2 atom stereocenters. The number of amides is 1. The van der Waals surface area contributed by atoms with E-state index in [1.54, 1.807) is 39.0 Å². The van der Waals surface area contributed by atoms with Gasteiger partial charge >= 0.3 is 6.16 Å². The van der Waals surface area contributed by atoms with E-state index in [0.29, 0.717) is 30.9 Å². The first-order chi connectivity index (χ1) is 14.6. The normalized spacial score (nSPS) is 19.8. The molecule has 174 valence electrons. The van der Waals surface area contributed by atoms with E-state index in [1.807, 2.05) is 0 Å². The first-order valence-corrected chi connectivity index (χ1v) is 10.1. The molecule has 0 aromatic heterocycles. The summed E-state index contributed by atoms with van der Waals surface area (Å²) in [6.45, 7) is 5.69. The van der Waals surface area contributed by atoms with E-state index in [1.165, 1.54) is 19.3 Å². The molecule has 10 heteroatoms. The van der Waals surface area contributed by atoms with Crippen LogP contribution in [0.4, 0.5) is 4.79 Å². The molecular formula is C21H32N2O8. The van der Waals surface area contributed by atoms with Gasteiger partial charge in [-0.3, -0.25) is 4.79 Å². The second-order valence-corrected chi connectivity index (χ2v) is 8.15. The van der Waals surface area contributed by atoms with Crippen LogP contribution >= 0.6 is 0 Å². The van der Waals surface area contributed by atoms with Gasteiger partial charge in [-0.05, 0) is 51.8 Å². The molecule has 1 saturated heterocycles. The molecule has 0 bridgehead atoms. The van der Waals surface area contributed by atoms with Crippen molar-refractivity contribution in [2.75, 3.05) is 34.1 Å². The minimum atomic E-state index is -0.836. The van der Waals surface area contributed by atoms with Crippen molar-refractivity contribution in [3.05, 3.63) is 23.8 Å². The van der Waals surface area contributed by atoms with E-state index in [9.17, 15) is 14.7 Å². The SMILES string of the molecule is COCOc1ccc(OC)cc1C(=O)N[C@@H]1CN(OC(=O)OC(C)(C)C)CCC[C@H]1O. The molecule has 0 radical (unpaired) electrons. The van der Waals surface area contributed by atoms with Gasteiger partial charge in [-0.1, -0.05) is 0 Å². The number of rotatable bonds is 7. The minimum Gasteiger partial charge on any atom is -0.497 e. The fourth-order valence-electron chi connectivity index (χ4n) is 3.02. The van der Waals surface area contributed by atoms with Crippen LogP contribution in [0.15, 0.2) is 18.2 Å². The van der Waals surface area contributed by atoms with Gasteiger partial charge in [0.1, 0.15) is 17.1 Å². The van der Waals surface area contributed by atoms with Crippen molar-refractivity contribution in [2.24, 2.45) is 0 Å². The summed E-state index contributed by atoms with van der Waals surface area (Å²) in [4.78, 5) is 30.3. The average Bonchev–Trinajstić information content (AvgIpc) is 2.85. The quantitative estimate of drug-likeness (QED) is 0.486. The smallest absolute Gasteiger partial charge is 0.497 e. The molecule has 1 fully saturated rings. The fraction of sp³-hybridized carbons (Fsp3) is 0.619. The number of methoxy groups -OCH3 is 2. The molecule has 1 amide bonds. The lowest BCUT2D eigenvalue weighted by Crippen LogP contribution is -2.49. The first-order valence-electron chi connectivity index (χ1n) is 10.1. The molecule has 1 aliphatic heterocycles. The Morgan fingerprint density at radius 3 is 2.65 bits per heavy atom. The average molecular weight is 440 g/mol. The monoisotopic (exact) mass is 440 g/mol. The Labute approximate surface area is 182 Å².